The molecule has 0 heterocycles. The van der Waals surface area contributed by atoms with E-state index in [4.69, 9.17) is 10.6 Å². The molecule has 0 saturated heterocycles. The van der Waals surface area contributed by atoms with Crippen LogP contribution in [0.25, 0.3) is 10.6 Å². The molecular weight excluding hydrogens is 468 g/mol. The van der Waals surface area contributed by atoms with Gasteiger partial charge >= 0.3 is 26.2 Å². The third-order valence-corrected chi connectivity index (χ3v) is 6.63. The van der Waals surface area contributed by atoms with E-state index in [1.165, 1.54) is 12.8 Å². The maximum Gasteiger partial charge on any atom is 4.00 e. The van der Waals surface area contributed by atoms with Crippen molar-refractivity contribution in [1.29, 1.82) is 0 Å². The van der Waals surface area contributed by atoms with Gasteiger partial charge in [-0.15, -0.1) is 29.9 Å². The Hall–Kier alpha value is -1.05. The molecule has 0 bridgehead atoms. The van der Waals surface area contributed by atoms with E-state index in [0.29, 0.717) is 5.92 Å². The van der Waals surface area contributed by atoms with Crippen molar-refractivity contribution in [2.24, 2.45) is 23.7 Å². The molecule has 1 aliphatic carbocycles. The average Bonchev–Trinajstić information content (AvgIpc) is 2.93. The molecule has 0 aromatic heterocycles. The third-order valence-electron chi connectivity index (χ3n) is 6.63. The fourth-order valence-electron chi connectivity index (χ4n) is 4.70. The Morgan fingerprint density at radius 1 is 0.812 bits per heavy atom. The van der Waals surface area contributed by atoms with Crippen molar-refractivity contribution < 1.29 is 26.2 Å². The number of hydrogen-bond acceptors (Lipinski definition) is 0. The van der Waals surface area contributed by atoms with Crippen molar-refractivity contribution in [3.8, 4) is 0 Å². The minimum atomic E-state index is 0. The molecule has 0 spiro atoms. The summed E-state index contributed by atoms with van der Waals surface area (Å²) in [6.45, 7) is 19.5. The zero-order chi connectivity index (χ0) is 22.9. The summed E-state index contributed by atoms with van der Waals surface area (Å²) < 4.78 is 0. The summed E-state index contributed by atoms with van der Waals surface area (Å²) in [6.07, 6.45) is 2.39. The summed E-state index contributed by atoms with van der Waals surface area (Å²) in [7, 11) is 0. The first-order valence-corrected chi connectivity index (χ1v) is 11.8. The molecule has 1 saturated carbocycles. The second-order valence-electron chi connectivity index (χ2n) is 10.0. The van der Waals surface area contributed by atoms with Crippen molar-refractivity contribution in [3.63, 3.8) is 0 Å². The molecular formula is C29H42N2Zr. The van der Waals surface area contributed by atoms with E-state index in [1.807, 2.05) is 36.4 Å². The van der Waals surface area contributed by atoms with E-state index >= 15 is 0 Å². The minimum Gasteiger partial charge on any atom is -0.684 e. The summed E-state index contributed by atoms with van der Waals surface area (Å²) in [5.41, 5.74) is 2.27. The average molecular weight is 510 g/mol. The fraction of sp³-hybridized carbons (Fsp3) is 0.517. The van der Waals surface area contributed by atoms with Crippen LogP contribution < -0.4 is 0 Å². The summed E-state index contributed by atoms with van der Waals surface area (Å²) in [5, 5.41) is 9.56. The first-order valence-electron chi connectivity index (χ1n) is 11.8. The molecule has 172 valence electrons. The summed E-state index contributed by atoms with van der Waals surface area (Å²) in [5.74, 6) is 4.67. The number of rotatable bonds is 7. The maximum absolute atomic E-state index is 4.81. The van der Waals surface area contributed by atoms with Crippen LogP contribution in [0.15, 0.2) is 60.7 Å². The fourth-order valence-corrected chi connectivity index (χ4v) is 4.70. The molecule has 3 heteroatoms. The van der Waals surface area contributed by atoms with E-state index in [9.17, 15) is 0 Å². The Bertz CT molecular complexity index is 726. The Kier molecular flexibility index (Phi) is 12.9. The van der Waals surface area contributed by atoms with Crippen LogP contribution >= 0.6 is 0 Å². The molecule has 0 radical (unpaired) electrons. The topological polar surface area (TPSA) is 28.2 Å². The van der Waals surface area contributed by atoms with Gasteiger partial charge in [0.2, 0.25) is 0 Å². The van der Waals surface area contributed by atoms with Crippen molar-refractivity contribution in [2.45, 2.75) is 59.9 Å². The van der Waals surface area contributed by atoms with Gasteiger partial charge in [-0.3, -0.25) is 0 Å². The van der Waals surface area contributed by atoms with Crippen molar-refractivity contribution in [2.75, 3.05) is 13.1 Å². The van der Waals surface area contributed by atoms with Gasteiger partial charge in [-0.1, -0.05) is 95.7 Å². The molecule has 4 atom stereocenters. The monoisotopic (exact) mass is 508 g/mol. The Labute approximate surface area is 217 Å². The van der Waals surface area contributed by atoms with E-state index < -0.39 is 0 Å². The molecule has 2 aromatic carbocycles. The van der Waals surface area contributed by atoms with Crippen LogP contribution in [0.2, 0.25) is 0 Å². The van der Waals surface area contributed by atoms with Gasteiger partial charge in [0.05, 0.1) is 0 Å². The standard InChI is InChI=1S/C22H35N2.C7H7.Zr/c1-16-17(2)21(13-15-24-22(4,5)6)18(3)20(16)12-14-23-19-10-8-7-9-11-19;1-7-5-3-2-4-6-7;/h7-11,16-17,20-21H,12-15H2,1-6H3;2-6H,1H2;/q-3;-1;+4. The SMILES string of the molecule is C[C-]1C(CC[N-]c2ccccc2)C(C)C(C)C1CC[N-]C(C)(C)C.[CH2-]c1ccccc1.[Zr+4]. The van der Waals surface area contributed by atoms with Gasteiger partial charge in [-0.25, -0.2) is 0 Å². The third kappa shape index (κ3) is 9.84. The zero-order valence-corrected chi connectivity index (χ0v) is 23.5. The van der Waals surface area contributed by atoms with E-state index in [1.54, 1.807) is 5.92 Å². The van der Waals surface area contributed by atoms with Gasteiger partial charge < -0.3 is 16.6 Å². The number of benzene rings is 2. The van der Waals surface area contributed by atoms with Crippen LogP contribution in [0.3, 0.4) is 0 Å². The molecule has 1 aliphatic rings. The summed E-state index contributed by atoms with van der Waals surface area (Å²) in [4.78, 5) is 0. The molecule has 0 amide bonds. The zero-order valence-electron chi connectivity index (χ0n) is 21.0. The van der Waals surface area contributed by atoms with Crippen molar-refractivity contribution in [1.82, 2.24) is 0 Å². The van der Waals surface area contributed by atoms with Gasteiger partial charge in [0.25, 0.3) is 0 Å². The van der Waals surface area contributed by atoms with Crippen LogP contribution in [0, 0.1) is 36.5 Å². The van der Waals surface area contributed by atoms with Gasteiger partial charge in [0.15, 0.2) is 0 Å². The molecule has 0 aliphatic heterocycles. The van der Waals surface area contributed by atoms with E-state index in [2.05, 4.69) is 72.7 Å². The summed E-state index contributed by atoms with van der Waals surface area (Å²) >= 11 is 0. The second kappa shape index (κ2) is 14.3. The van der Waals surface area contributed by atoms with Gasteiger partial charge in [-0.2, -0.15) is 49.9 Å². The van der Waals surface area contributed by atoms with Gasteiger partial charge in [0, 0.05) is 0 Å². The molecule has 3 rings (SSSR count). The first kappa shape index (κ1) is 29.0. The van der Waals surface area contributed by atoms with E-state index in [-0.39, 0.29) is 31.7 Å². The molecule has 2 aromatic rings. The van der Waals surface area contributed by atoms with Gasteiger partial charge in [-0.05, 0) is 0 Å². The Morgan fingerprint density at radius 2 is 1.28 bits per heavy atom. The Balaban J connectivity index is 0.000000545. The summed E-state index contributed by atoms with van der Waals surface area (Å²) in [6, 6.07) is 20.2. The van der Waals surface area contributed by atoms with Gasteiger partial charge in [0.1, 0.15) is 0 Å². The number of nitrogens with zero attached hydrogens (tertiary/aromatic N) is 2. The normalized spacial score (nSPS) is 23.1. The predicted octanol–water partition coefficient (Wildman–Crippen LogP) is 8.62. The van der Waals surface area contributed by atoms with Crippen molar-refractivity contribution in [3.05, 3.63) is 89.7 Å². The second-order valence-corrected chi connectivity index (χ2v) is 10.0. The first-order chi connectivity index (χ1) is 14.7. The largest absolute Gasteiger partial charge is 4.00 e. The molecule has 32 heavy (non-hydrogen) atoms. The smallest absolute Gasteiger partial charge is 0.684 e. The van der Waals surface area contributed by atoms with Crippen LogP contribution in [0.5, 0.6) is 0 Å². The molecule has 1 fully saturated rings. The van der Waals surface area contributed by atoms with E-state index in [0.717, 1.165) is 42.1 Å². The Morgan fingerprint density at radius 3 is 1.72 bits per heavy atom. The maximum atomic E-state index is 4.81. The molecule has 2 nitrogen and oxygen atoms in total. The number of para-hydroxylation sites is 1. The van der Waals surface area contributed by atoms with Crippen LogP contribution in [-0.4, -0.2) is 18.6 Å². The molecule has 0 N–H and O–H groups in total. The van der Waals surface area contributed by atoms with Crippen LogP contribution in [-0.2, 0) is 26.2 Å². The quantitative estimate of drug-likeness (QED) is 0.334. The van der Waals surface area contributed by atoms with Crippen LogP contribution in [0.4, 0.5) is 5.69 Å². The van der Waals surface area contributed by atoms with Crippen molar-refractivity contribution >= 4 is 5.69 Å². The van der Waals surface area contributed by atoms with Crippen LogP contribution in [0.1, 0.15) is 59.9 Å². The minimum absolute atomic E-state index is 0. The number of hydrogen-bond donors (Lipinski definition) is 0. The molecule has 4 unspecified atom stereocenters. The predicted molar refractivity (Wildman–Crippen MR) is 137 cm³/mol.